The highest BCUT2D eigenvalue weighted by Gasteiger charge is 2.26. The molecule has 0 heterocycles. The van der Waals surface area contributed by atoms with Gasteiger partial charge < -0.3 is 25.6 Å². The lowest BCUT2D eigenvalue weighted by atomic mass is 9.91. The van der Waals surface area contributed by atoms with E-state index in [9.17, 15) is 4.79 Å². The van der Waals surface area contributed by atoms with Gasteiger partial charge in [-0.3, -0.25) is 0 Å². The Bertz CT molecular complexity index is 566. The first-order chi connectivity index (χ1) is 11.8. The van der Waals surface area contributed by atoms with Crippen molar-refractivity contribution in [1.29, 1.82) is 0 Å². The molecule has 138 valence electrons. The Hall–Kier alpha value is -2.61. The maximum Gasteiger partial charge on any atom is 0.414 e. The van der Waals surface area contributed by atoms with Gasteiger partial charge in [-0.15, -0.1) is 0 Å². The van der Waals surface area contributed by atoms with Crippen LogP contribution in [-0.4, -0.2) is 52.3 Å². The van der Waals surface area contributed by atoms with E-state index in [-0.39, 0.29) is 18.2 Å². The zero-order valence-electron chi connectivity index (χ0n) is 14.1. The Kier molecular flexibility index (Phi) is 8.42. The molecule has 2 rings (SSSR count). The van der Waals surface area contributed by atoms with E-state index in [4.69, 9.17) is 30.3 Å². The van der Waals surface area contributed by atoms with Crippen molar-refractivity contribution in [2.45, 2.75) is 44.4 Å². The molecule has 2 unspecified atom stereocenters. The van der Waals surface area contributed by atoms with E-state index in [1.807, 2.05) is 30.3 Å². The Morgan fingerprint density at radius 2 is 1.76 bits per heavy atom. The van der Waals surface area contributed by atoms with Crippen molar-refractivity contribution in [2.75, 3.05) is 7.05 Å². The summed E-state index contributed by atoms with van der Waals surface area (Å²) in [5, 5.41) is 14.8. The van der Waals surface area contributed by atoms with Crippen LogP contribution in [0.1, 0.15) is 31.2 Å². The quantitative estimate of drug-likeness (QED) is 0.705. The van der Waals surface area contributed by atoms with Crippen LogP contribution in [0.4, 0.5) is 4.79 Å². The minimum absolute atomic E-state index is 0.211. The molecule has 1 aromatic carbocycles. The van der Waals surface area contributed by atoms with E-state index in [1.54, 1.807) is 11.9 Å². The van der Waals surface area contributed by atoms with Gasteiger partial charge in [-0.25, -0.2) is 14.4 Å². The summed E-state index contributed by atoms with van der Waals surface area (Å²) in [5.74, 6) is -3.65. The number of hydrogen-bond donors (Lipinski definition) is 3. The minimum atomic E-state index is -1.82. The van der Waals surface area contributed by atoms with Crippen LogP contribution in [-0.2, 0) is 20.9 Å². The number of rotatable bonds is 3. The first-order valence-electron chi connectivity index (χ1n) is 7.96. The Morgan fingerprint density at radius 1 is 1.16 bits per heavy atom. The minimum Gasteiger partial charge on any atom is -0.473 e. The number of ether oxygens (including phenoxy) is 1. The monoisotopic (exact) mass is 352 g/mol. The number of benzene rings is 1. The van der Waals surface area contributed by atoms with Gasteiger partial charge in [0.15, 0.2) is 0 Å². The van der Waals surface area contributed by atoms with Crippen molar-refractivity contribution in [2.24, 2.45) is 5.73 Å². The van der Waals surface area contributed by atoms with Gasteiger partial charge in [0.25, 0.3) is 0 Å². The lowest BCUT2D eigenvalue weighted by molar-refractivity contribution is -0.159. The van der Waals surface area contributed by atoms with Gasteiger partial charge >= 0.3 is 18.0 Å². The summed E-state index contributed by atoms with van der Waals surface area (Å²) in [6, 6.07) is 10.1. The molecule has 1 aliphatic carbocycles. The number of nitrogens with two attached hydrogens (primary N) is 1. The fraction of sp³-hybridized carbons (Fsp3) is 0.471. The Labute approximate surface area is 146 Å². The molecular weight excluding hydrogens is 328 g/mol. The summed E-state index contributed by atoms with van der Waals surface area (Å²) in [7, 11) is 1.80. The second-order valence-corrected chi connectivity index (χ2v) is 5.84. The predicted molar refractivity (Wildman–Crippen MR) is 89.9 cm³/mol. The van der Waals surface area contributed by atoms with Crippen LogP contribution in [0.25, 0.3) is 0 Å². The van der Waals surface area contributed by atoms with E-state index in [1.165, 1.54) is 0 Å². The van der Waals surface area contributed by atoms with Gasteiger partial charge in [0.2, 0.25) is 0 Å². The van der Waals surface area contributed by atoms with Crippen LogP contribution >= 0.6 is 0 Å². The molecule has 0 radical (unpaired) electrons. The molecule has 8 nitrogen and oxygen atoms in total. The SMILES string of the molecule is CN(C(=O)OCc1ccccc1)C1CCCC(N)C1.O=C(O)C(=O)O. The van der Waals surface area contributed by atoms with Gasteiger partial charge in [0, 0.05) is 19.1 Å². The molecule has 8 heteroatoms. The van der Waals surface area contributed by atoms with Gasteiger partial charge in [-0.2, -0.15) is 0 Å². The van der Waals surface area contributed by atoms with Crippen LogP contribution in [0.2, 0.25) is 0 Å². The molecule has 1 fully saturated rings. The van der Waals surface area contributed by atoms with Crippen LogP contribution in [0.5, 0.6) is 0 Å². The molecule has 1 aromatic rings. The highest BCUT2D eigenvalue weighted by molar-refractivity contribution is 6.27. The Balaban J connectivity index is 0.000000450. The molecule has 0 aromatic heterocycles. The maximum atomic E-state index is 12.0. The lowest BCUT2D eigenvalue weighted by Gasteiger charge is -2.33. The number of nitrogens with zero attached hydrogens (tertiary/aromatic N) is 1. The molecule has 4 N–H and O–H groups in total. The van der Waals surface area contributed by atoms with E-state index in [0.717, 1.165) is 31.2 Å². The van der Waals surface area contributed by atoms with Gasteiger partial charge in [-0.1, -0.05) is 30.3 Å². The zero-order valence-corrected chi connectivity index (χ0v) is 14.1. The van der Waals surface area contributed by atoms with E-state index in [0.29, 0.717) is 6.61 Å². The van der Waals surface area contributed by atoms with E-state index in [2.05, 4.69) is 0 Å². The molecular formula is C17H24N2O6. The van der Waals surface area contributed by atoms with Crippen molar-refractivity contribution in [3.63, 3.8) is 0 Å². The zero-order chi connectivity index (χ0) is 18.8. The highest BCUT2D eigenvalue weighted by Crippen LogP contribution is 2.21. The first kappa shape index (κ1) is 20.4. The average molecular weight is 352 g/mol. The number of carbonyl (C=O) groups excluding carboxylic acids is 1. The molecule has 0 aliphatic heterocycles. The van der Waals surface area contributed by atoms with Crippen LogP contribution in [0.15, 0.2) is 30.3 Å². The normalized spacial score (nSPS) is 19.1. The molecule has 2 atom stereocenters. The van der Waals surface area contributed by atoms with Gasteiger partial charge in [0.1, 0.15) is 6.61 Å². The van der Waals surface area contributed by atoms with Crippen molar-refractivity contribution in [1.82, 2.24) is 4.90 Å². The number of amides is 1. The highest BCUT2D eigenvalue weighted by atomic mass is 16.6. The van der Waals surface area contributed by atoms with Crippen LogP contribution in [0, 0.1) is 0 Å². The fourth-order valence-corrected chi connectivity index (χ4v) is 2.52. The summed E-state index contributed by atoms with van der Waals surface area (Å²) >= 11 is 0. The average Bonchev–Trinajstić information content (AvgIpc) is 2.60. The second-order valence-electron chi connectivity index (χ2n) is 5.84. The number of carboxylic acids is 2. The number of carbonyl (C=O) groups is 3. The third-order valence-electron chi connectivity index (χ3n) is 3.91. The Morgan fingerprint density at radius 3 is 2.28 bits per heavy atom. The number of carboxylic acid groups (broad SMARTS) is 2. The van der Waals surface area contributed by atoms with Crippen molar-refractivity contribution < 1.29 is 29.3 Å². The van der Waals surface area contributed by atoms with Gasteiger partial charge in [-0.05, 0) is 31.2 Å². The lowest BCUT2D eigenvalue weighted by Crippen LogP contribution is -2.43. The molecule has 0 spiro atoms. The van der Waals surface area contributed by atoms with E-state index < -0.39 is 11.9 Å². The standard InChI is InChI=1S/C15H22N2O2.C2H2O4/c1-17(14-9-5-8-13(16)10-14)15(18)19-11-12-6-3-2-4-7-12;3-1(4)2(5)6/h2-4,6-7,13-14H,5,8-11,16H2,1H3;(H,3,4)(H,5,6). The third-order valence-corrected chi connectivity index (χ3v) is 3.91. The summed E-state index contributed by atoms with van der Waals surface area (Å²) < 4.78 is 5.32. The van der Waals surface area contributed by atoms with Crippen LogP contribution in [0.3, 0.4) is 0 Å². The molecule has 0 bridgehead atoms. The third kappa shape index (κ3) is 7.67. The summed E-state index contributed by atoms with van der Waals surface area (Å²) in [4.78, 5) is 31.9. The van der Waals surface area contributed by atoms with Crippen molar-refractivity contribution in [3.05, 3.63) is 35.9 Å². The largest absolute Gasteiger partial charge is 0.473 e. The van der Waals surface area contributed by atoms with Crippen molar-refractivity contribution in [3.8, 4) is 0 Å². The molecule has 25 heavy (non-hydrogen) atoms. The van der Waals surface area contributed by atoms with E-state index >= 15 is 0 Å². The maximum absolute atomic E-state index is 12.0. The van der Waals surface area contributed by atoms with Gasteiger partial charge in [0.05, 0.1) is 0 Å². The molecule has 1 amide bonds. The van der Waals surface area contributed by atoms with Crippen molar-refractivity contribution >= 4 is 18.0 Å². The molecule has 1 saturated carbocycles. The summed E-state index contributed by atoms with van der Waals surface area (Å²) in [6.45, 7) is 0.322. The summed E-state index contributed by atoms with van der Waals surface area (Å²) in [6.07, 6.45) is 3.77. The molecule has 0 saturated heterocycles. The summed E-state index contributed by atoms with van der Waals surface area (Å²) in [5.41, 5.74) is 6.95. The molecule has 1 aliphatic rings. The number of aliphatic carboxylic acids is 2. The fourth-order valence-electron chi connectivity index (χ4n) is 2.52. The number of hydrogen-bond acceptors (Lipinski definition) is 5. The van der Waals surface area contributed by atoms with Crippen LogP contribution < -0.4 is 5.73 Å². The predicted octanol–water partition coefficient (Wildman–Crippen LogP) is 1.68. The second kappa shape index (κ2) is 10.3. The topological polar surface area (TPSA) is 130 Å². The first-order valence-corrected chi connectivity index (χ1v) is 7.96. The smallest absolute Gasteiger partial charge is 0.414 e.